The Bertz CT molecular complexity index is 267. The van der Waals surface area contributed by atoms with Crippen LogP contribution in [0.3, 0.4) is 0 Å². The van der Waals surface area contributed by atoms with Crippen LogP contribution in [0, 0.1) is 0 Å². The second-order valence-corrected chi connectivity index (χ2v) is 4.33. The second kappa shape index (κ2) is 2.14. The molecule has 11 heavy (non-hydrogen) atoms. The number of thiophene rings is 1. The minimum Gasteiger partial charge on any atom is -0.488 e. The summed E-state index contributed by atoms with van der Waals surface area (Å²) >= 11 is 1.69. The van der Waals surface area contributed by atoms with Crippen molar-refractivity contribution in [1.82, 2.24) is 0 Å². The minimum absolute atomic E-state index is 0.0812. The zero-order valence-corrected chi connectivity index (χ0v) is 7.49. The molecule has 1 aliphatic heterocycles. The second-order valence-electron chi connectivity index (χ2n) is 3.41. The van der Waals surface area contributed by atoms with Crippen LogP contribution in [-0.2, 0) is 0 Å². The molecule has 0 bridgehead atoms. The maximum Gasteiger partial charge on any atom is 0.153 e. The van der Waals surface area contributed by atoms with Crippen LogP contribution >= 0.6 is 11.3 Å². The van der Waals surface area contributed by atoms with Crippen LogP contribution in [0.4, 0.5) is 5.00 Å². The van der Waals surface area contributed by atoms with E-state index < -0.39 is 0 Å². The van der Waals surface area contributed by atoms with Crippen molar-refractivity contribution in [2.75, 3.05) is 11.9 Å². The van der Waals surface area contributed by atoms with E-state index in [1.807, 2.05) is 11.4 Å². The van der Waals surface area contributed by atoms with E-state index in [1.165, 1.54) is 0 Å². The lowest BCUT2D eigenvalue weighted by molar-refractivity contribution is 0.244. The Balaban J connectivity index is 2.32. The zero-order valence-electron chi connectivity index (χ0n) is 6.68. The van der Waals surface area contributed by atoms with Gasteiger partial charge in [-0.15, -0.1) is 11.3 Å². The molecule has 2 rings (SSSR count). The molecule has 1 aliphatic rings. The molecule has 0 unspecified atom stereocenters. The molecule has 2 heterocycles. The van der Waals surface area contributed by atoms with Crippen LogP contribution in [0.5, 0.6) is 5.75 Å². The van der Waals surface area contributed by atoms with Gasteiger partial charge in [0.15, 0.2) is 5.75 Å². The third-order valence-electron chi connectivity index (χ3n) is 1.67. The molecule has 0 aromatic carbocycles. The van der Waals surface area contributed by atoms with Crippen LogP contribution in [-0.4, -0.2) is 12.1 Å². The summed E-state index contributed by atoms with van der Waals surface area (Å²) in [6, 6.07) is 2.00. The van der Waals surface area contributed by atoms with E-state index in [0.29, 0.717) is 0 Å². The van der Waals surface area contributed by atoms with Gasteiger partial charge in [-0.1, -0.05) is 0 Å². The number of hydrogen-bond donors (Lipinski definition) is 1. The highest BCUT2D eigenvalue weighted by molar-refractivity contribution is 7.14. The lowest BCUT2D eigenvalue weighted by atomic mass is 10.1. The molecular formula is C8H11NOS. The van der Waals surface area contributed by atoms with Gasteiger partial charge in [0.25, 0.3) is 0 Å². The number of rotatable bonds is 0. The van der Waals surface area contributed by atoms with Gasteiger partial charge in [0, 0.05) is 0 Å². The number of anilines is 1. The summed E-state index contributed by atoms with van der Waals surface area (Å²) in [6.07, 6.45) is 0. The predicted octanol–water partition coefficient (Wildman–Crippen LogP) is 2.33. The molecule has 1 N–H and O–H groups in total. The van der Waals surface area contributed by atoms with Crippen molar-refractivity contribution >= 4 is 16.3 Å². The van der Waals surface area contributed by atoms with Crippen molar-refractivity contribution in [3.8, 4) is 5.75 Å². The quantitative estimate of drug-likeness (QED) is 0.643. The average molecular weight is 169 g/mol. The molecule has 0 amide bonds. The molecule has 60 valence electrons. The molecule has 0 fully saturated rings. The van der Waals surface area contributed by atoms with Gasteiger partial charge in [-0.05, 0) is 25.3 Å². The first-order chi connectivity index (χ1) is 5.17. The number of nitrogens with one attached hydrogen (secondary N) is 1. The van der Waals surface area contributed by atoms with E-state index in [-0.39, 0.29) is 5.54 Å². The smallest absolute Gasteiger partial charge is 0.153 e. The maximum absolute atomic E-state index is 5.53. The average Bonchev–Trinajstić information content (AvgIpc) is 2.31. The van der Waals surface area contributed by atoms with Gasteiger partial charge >= 0.3 is 0 Å². The van der Waals surface area contributed by atoms with E-state index in [4.69, 9.17) is 4.74 Å². The van der Waals surface area contributed by atoms with Crippen LogP contribution in [0.15, 0.2) is 11.4 Å². The van der Waals surface area contributed by atoms with Gasteiger partial charge in [0.2, 0.25) is 0 Å². The highest BCUT2D eigenvalue weighted by Crippen LogP contribution is 2.36. The van der Waals surface area contributed by atoms with Gasteiger partial charge in [-0.25, -0.2) is 0 Å². The van der Waals surface area contributed by atoms with E-state index >= 15 is 0 Å². The molecular weight excluding hydrogens is 158 g/mol. The summed E-state index contributed by atoms with van der Waals surface area (Å²) in [6.45, 7) is 5.02. The van der Waals surface area contributed by atoms with E-state index in [9.17, 15) is 0 Å². The van der Waals surface area contributed by atoms with Crippen molar-refractivity contribution in [3.05, 3.63) is 11.4 Å². The zero-order chi connectivity index (χ0) is 7.90. The first kappa shape index (κ1) is 6.98. The summed E-state index contributed by atoms with van der Waals surface area (Å²) < 4.78 is 5.53. The Morgan fingerprint density at radius 3 is 3.27 bits per heavy atom. The molecule has 2 nitrogen and oxygen atoms in total. The fraction of sp³-hybridized carbons (Fsp3) is 0.500. The predicted molar refractivity (Wildman–Crippen MR) is 47.5 cm³/mol. The van der Waals surface area contributed by atoms with Gasteiger partial charge in [0.1, 0.15) is 11.6 Å². The molecule has 0 spiro atoms. The third-order valence-corrected chi connectivity index (χ3v) is 2.48. The van der Waals surface area contributed by atoms with Crippen molar-refractivity contribution in [3.63, 3.8) is 0 Å². The number of ether oxygens (including phenoxy) is 1. The molecule has 0 saturated heterocycles. The Hall–Kier alpha value is -0.700. The van der Waals surface area contributed by atoms with Crippen LogP contribution in [0.25, 0.3) is 0 Å². The van der Waals surface area contributed by atoms with E-state index in [2.05, 4.69) is 19.2 Å². The summed E-state index contributed by atoms with van der Waals surface area (Å²) in [5.41, 5.74) is 0.0812. The number of fused-ring (bicyclic) bond motifs is 1. The van der Waals surface area contributed by atoms with Gasteiger partial charge in [-0.2, -0.15) is 0 Å². The summed E-state index contributed by atoms with van der Waals surface area (Å²) in [7, 11) is 0. The molecule has 0 atom stereocenters. The number of hydrogen-bond acceptors (Lipinski definition) is 3. The van der Waals surface area contributed by atoms with Gasteiger partial charge in [0.05, 0.1) is 5.54 Å². The Labute approximate surface area is 70.2 Å². The van der Waals surface area contributed by atoms with Crippen LogP contribution in [0.2, 0.25) is 0 Å². The first-order valence-electron chi connectivity index (χ1n) is 3.66. The Morgan fingerprint density at radius 1 is 1.64 bits per heavy atom. The van der Waals surface area contributed by atoms with E-state index in [1.54, 1.807) is 11.3 Å². The highest BCUT2D eigenvalue weighted by atomic mass is 32.1. The largest absolute Gasteiger partial charge is 0.488 e. The van der Waals surface area contributed by atoms with Crippen LogP contribution < -0.4 is 10.1 Å². The molecule has 1 aromatic heterocycles. The van der Waals surface area contributed by atoms with Gasteiger partial charge in [-0.3, -0.25) is 0 Å². The Morgan fingerprint density at radius 2 is 2.45 bits per heavy atom. The van der Waals surface area contributed by atoms with Crippen molar-refractivity contribution in [2.45, 2.75) is 19.4 Å². The fourth-order valence-corrected chi connectivity index (χ4v) is 2.01. The van der Waals surface area contributed by atoms with Crippen molar-refractivity contribution in [1.29, 1.82) is 0 Å². The lowest BCUT2D eigenvalue weighted by Crippen LogP contribution is -2.40. The third kappa shape index (κ3) is 1.20. The SMILES string of the molecule is CC1(C)COc2ccsc2N1. The summed E-state index contributed by atoms with van der Waals surface area (Å²) in [4.78, 5) is 0. The standard InChI is InChI=1S/C8H11NOS/c1-8(2)5-10-6-3-4-11-7(6)9-8/h3-4,9H,5H2,1-2H3. The highest BCUT2D eigenvalue weighted by Gasteiger charge is 2.25. The first-order valence-corrected chi connectivity index (χ1v) is 4.54. The molecule has 0 aliphatic carbocycles. The van der Waals surface area contributed by atoms with E-state index in [0.717, 1.165) is 17.4 Å². The molecule has 1 aromatic rings. The maximum atomic E-state index is 5.53. The molecule has 0 radical (unpaired) electrons. The lowest BCUT2D eigenvalue weighted by Gasteiger charge is -2.31. The normalized spacial score (nSPS) is 19.8. The fourth-order valence-electron chi connectivity index (χ4n) is 1.10. The Kier molecular flexibility index (Phi) is 1.36. The topological polar surface area (TPSA) is 21.3 Å². The monoisotopic (exact) mass is 169 g/mol. The summed E-state index contributed by atoms with van der Waals surface area (Å²) in [5, 5.41) is 6.60. The summed E-state index contributed by atoms with van der Waals surface area (Å²) in [5.74, 6) is 0.995. The van der Waals surface area contributed by atoms with Crippen molar-refractivity contribution < 1.29 is 4.74 Å². The van der Waals surface area contributed by atoms with Crippen LogP contribution in [0.1, 0.15) is 13.8 Å². The minimum atomic E-state index is 0.0812. The van der Waals surface area contributed by atoms with Gasteiger partial charge < -0.3 is 10.1 Å². The molecule has 3 heteroatoms. The molecule has 0 saturated carbocycles. The van der Waals surface area contributed by atoms with Crippen molar-refractivity contribution in [2.24, 2.45) is 0 Å².